The molecule has 0 radical (unpaired) electrons. The molecule has 0 N–H and O–H groups in total. The maximum absolute atomic E-state index is 14.0. The van der Waals surface area contributed by atoms with Gasteiger partial charge < -0.3 is 9.80 Å². The lowest BCUT2D eigenvalue weighted by Gasteiger charge is -2.37. The molecular weight excluding hydrogens is 319 g/mol. The molecule has 0 saturated carbocycles. The molecule has 3 heterocycles. The van der Waals surface area contributed by atoms with E-state index < -0.39 is 5.82 Å². The molecule has 0 aliphatic carbocycles. The van der Waals surface area contributed by atoms with E-state index in [1.165, 1.54) is 23.7 Å². The van der Waals surface area contributed by atoms with E-state index >= 15 is 0 Å². The molecule has 1 fully saturated rings. The molecule has 130 valence electrons. The number of rotatable bonds is 2. The van der Waals surface area contributed by atoms with Crippen LogP contribution < -0.4 is 4.90 Å². The quantitative estimate of drug-likeness (QED) is 0.842. The first kappa shape index (κ1) is 16.0. The summed E-state index contributed by atoms with van der Waals surface area (Å²) in [6.45, 7) is 2.67. The predicted octanol–water partition coefficient (Wildman–Crippen LogP) is 2.42. The molecule has 1 unspecified atom stereocenters. The van der Waals surface area contributed by atoms with Gasteiger partial charge in [0, 0.05) is 26.2 Å². The second-order valence-corrected chi connectivity index (χ2v) is 6.76. The lowest BCUT2D eigenvalue weighted by atomic mass is 9.94. The fourth-order valence-electron chi connectivity index (χ4n) is 3.85. The van der Waals surface area contributed by atoms with Gasteiger partial charge in [-0.2, -0.15) is 0 Å². The van der Waals surface area contributed by atoms with E-state index in [1.807, 2.05) is 21.9 Å². The highest BCUT2D eigenvalue weighted by atomic mass is 19.1. The van der Waals surface area contributed by atoms with Gasteiger partial charge in [-0.15, -0.1) is 0 Å². The summed E-state index contributed by atoms with van der Waals surface area (Å²) in [5.41, 5.74) is 2.57. The molecule has 1 amide bonds. The zero-order chi connectivity index (χ0) is 17.2. The summed E-state index contributed by atoms with van der Waals surface area (Å²) in [6, 6.07) is 8.30. The van der Waals surface area contributed by atoms with Crippen LogP contribution in [0, 0.1) is 11.7 Å². The number of hydrogen-bond donors (Lipinski definition) is 0. The lowest BCUT2D eigenvalue weighted by molar-refractivity contribution is -0.136. The van der Waals surface area contributed by atoms with Crippen LogP contribution in [0.25, 0.3) is 0 Å². The number of halogens is 1. The molecule has 25 heavy (non-hydrogen) atoms. The molecule has 6 heteroatoms. The Labute approximate surface area is 146 Å². The largest absolute Gasteiger partial charge is 0.353 e. The molecule has 1 atom stereocenters. The summed E-state index contributed by atoms with van der Waals surface area (Å²) >= 11 is 0. The average molecular weight is 340 g/mol. The highest BCUT2D eigenvalue weighted by molar-refractivity contribution is 5.80. The number of piperidine rings is 1. The number of anilines is 1. The molecule has 2 aliphatic heterocycles. The van der Waals surface area contributed by atoms with Crippen molar-refractivity contribution in [2.75, 3.05) is 24.5 Å². The minimum absolute atomic E-state index is 0.103. The first-order valence-corrected chi connectivity index (χ1v) is 8.78. The minimum atomic E-state index is -0.428. The lowest BCUT2D eigenvalue weighted by Crippen LogP contribution is -2.46. The monoisotopic (exact) mass is 340 g/mol. The van der Waals surface area contributed by atoms with E-state index in [-0.39, 0.29) is 11.8 Å². The summed E-state index contributed by atoms with van der Waals surface area (Å²) in [5, 5.41) is 0. The molecule has 5 nitrogen and oxygen atoms in total. The Hall–Kier alpha value is -2.50. The van der Waals surface area contributed by atoms with Gasteiger partial charge in [0.15, 0.2) is 11.6 Å². The van der Waals surface area contributed by atoms with Gasteiger partial charge in [0.25, 0.3) is 0 Å². The predicted molar refractivity (Wildman–Crippen MR) is 92.5 cm³/mol. The highest BCUT2D eigenvalue weighted by Gasteiger charge is 2.32. The van der Waals surface area contributed by atoms with Gasteiger partial charge >= 0.3 is 0 Å². The van der Waals surface area contributed by atoms with Crippen LogP contribution in [0.3, 0.4) is 0 Å². The summed E-state index contributed by atoms with van der Waals surface area (Å²) in [4.78, 5) is 24.6. The number of benzene rings is 1. The van der Waals surface area contributed by atoms with E-state index in [2.05, 4.69) is 22.1 Å². The number of nitrogens with zero attached hydrogens (tertiary/aromatic N) is 4. The van der Waals surface area contributed by atoms with Crippen LogP contribution in [0.1, 0.15) is 24.0 Å². The standard InChI is InChI=1S/C19H21FN4O/c20-17-10-21-13-22-18(17)23-8-3-6-16(12-23)19(25)24-9-7-14-4-1-2-5-15(14)11-24/h1-2,4-5,10,13,16H,3,6-9,11-12H2. The summed E-state index contributed by atoms with van der Waals surface area (Å²) < 4.78 is 14.0. The van der Waals surface area contributed by atoms with Crippen molar-refractivity contribution >= 4 is 11.7 Å². The summed E-state index contributed by atoms with van der Waals surface area (Å²) in [7, 11) is 0. The molecule has 4 rings (SSSR count). The fraction of sp³-hybridized carbons (Fsp3) is 0.421. The molecule has 1 aromatic carbocycles. The van der Waals surface area contributed by atoms with Gasteiger partial charge in [0.05, 0.1) is 12.1 Å². The van der Waals surface area contributed by atoms with Crippen molar-refractivity contribution in [1.29, 1.82) is 0 Å². The third kappa shape index (κ3) is 3.21. The van der Waals surface area contributed by atoms with Crippen LogP contribution in [-0.2, 0) is 17.8 Å². The van der Waals surface area contributed by atoms with Crippen molar-refractivity contribution in [3.63, 3.8) is 0 Å². The smallest absolute Gasteiger partial charge is 0.227 e. The zero-order valence-corrected chi connectivity index (χ0v) is 14.1. The minimum Gasteiger partial charge on any atom is -0.353 e. The summed E-state index contributed by atoms with van der Waals surface area (Å²) in [5.74, 6) is -0.0546. The summed E-state index contributed by atoms with van der Waals surface area (Å²) in [6.07, 6.45) is 5.14. The van der Waals surface area contributed by atoms with Gasteiger partial charge in [-0.05, 0) is 30.4 Å². The van der Waals surface area contributed by atoms with Gasteiger partial charge in [-0.25, -0.2) is 14.4 Å². The Morgan fingerprint density at radius 3 is 2.88 bits per heavy atom. The molecule has 0 spiro atoms. The Morgan fingerprint density at radius 2 is 2.04 bits per heavy atom. The number of hydrogen-bond acceptors (Lipinski definition) is 4. The van der Waals surface area contributed by atoms with Crippen molar-refractivity contribution < 1.29 is 9.18 Å². The number of amides is 1. The molecule has 1 aromatic heterocycles. The van der Waals surface area contributed by atoms with Gasteiger partial charge in [-0.1, -0.05) is 24.3 Å². The van der Waals surface area contributed by atoms with Gasteiger partial charge in [-0.3, -0.25) is 4.79 Å². The zero-order valence-electron chi connectivity index (χ0n) is 14.1. The van der Waals surface area contributed by atoms with Crippen LogP contribution in [-0.4, -0.2) is 40.4 Å². The third-order valence-corrected chi connectivity index (χ3v) is 5.16. The first-order chi connectivity index (χ1) is 12.2. The molecule has 2 aliphatic rings. The number of carbonyl (C=O) groups is 1. The second kappa shape index (κ2) is 6.78. The van der Waals surface area contributed by atoms with Gasteiger partial charge in [0.2, 0.25) is 5.91 Å². The van der Waals surface area contributed by atoms with E-state index in [1.54, 1.807) is 0 Å². The Bertz CT molecular complexity index is 782. The van der Waals surface area contributed by atoms with Crippen LogP contribution in [0.4, 0.5) is 10.2 Å². The SMILES string of the molecule is O=C(C1CCCN(c2ncncc2F)C1)N1CCc2ccccc2C1. The maximum atomic E-state index is 14.0. The van der Waals surface area contributed by atoms with Crippen LogP contribution in [0.2, 0.25) is 0 Å². The highest BCUT2D eigenvalue weighted by Crippen LogP contribution is 2.26. The van der Waals surface area contributed by atoms with Crippen molar-refractivity contribution in [2.45, 2.75) is 25.8 Å². The molecule has 1 saturated heterocycles. The Morgan fingerprint density at radius 1 is 1.20 bits per heavy atom. The second-order valence-electron chi connectivity index (χ2n) is 6.76. The van der Waals surface area contributed by atoms with E-state index in [4.69, 9.17) is 0 Å². The van der Waals surface area contributed by atoms with Crippen molar-refractivity contribution in [3.8, 4) is 0 Å². The molecule has 2 aromatic rings. The average Bonchev–Trinajstić information content (AvgIpc) is 2.67. The third-order valence-electron chi connectivity index (χ3n) is 5.16. The van der Waals surface area contributed by atoms with Crippen molar-refractivity contribution in [3.05, 3.63) is 53.7 Å². The fourth-order valence-corrected chi connectivity index (χ4v) is 3.85. The molecule has 0 bridgehead atoms. The maximum Gasteiger partial charge on any atom is 0.227 e. The number of fused-ring (bicyclic) bond motifs is 1. The molecular formula is C19H21FN4O. The normalized spacial score (nSPS) is 20.3. The van der Waals surface area contributed by atoms with Crippen LogP contribution in [0.5, 0.6) is 0 Å². The van der Waals surface area contributed by atoms with E-state index in [0.29, 0.717) is 18.9 Å². The number of carbonyl (C=O) groups excluding carboxylic acids is 1. The van der Waals surface area contributed by atoms with Crippen molar-refractivity contribution in [2.24, 2.45) is 5.92 Å². The Balaban J connectivity index is 1.47. The Kier molecular flexibility index (Phi) is 4.34. The first-order valence-electron chi connectivity index (χ1n) is 8.78. The van der Waals surface area contributed by atoms with E-state index in [9.17, 15) is 9.18 Å². The van der Waals surface area contributed by atoms with Crippen LogP contribution in [0.15, 0.2) is 36.8 Å². The van der Waals surface area contributed by atoms with Crippen molar-refractivity contribution in [1.82, 2.24) is 14.9 Å². The van der Waals surface area contributed by atoms with Gasteiger partial charge in [0.1, 0.15) is 6.33 Å². The van der Waals surface area contributed by atoms with E-state index in [0.717, 1.165) is 32.4 Å². The topological polar surface area (TPSA) is 49.3 Å². The number of aromatic nitrogens is 2. The van der Waals surface area contributed by atoms with Crippen LogP contribution >= 0.6 is 0 Å².